The van der Waals surface area contributed by atoms with E-state index in [1.165, 1.54) is 24.3 Å². The quantitative estimate of drug-likeness (QED) is 0.619. The second-order valence-corrected chi connectivity index (χ2v) is 7.68. The number of halogens is 1. The van der Waals surface area contributed by atoms with E-state index in [0.29, 0.717) is 36.6 Å². The number of nitrogens with one attached hydrogen (secondary N) is 1. The van der Waals surface area contributed by atoms with Gasteiger partial charge in [-0.2, -0.15) is 0 Å². The highest BCUT2D eigenvalue weighted by Gasteiger charge is 2.28. The molecular weight excluding hydrogens is 393 g/mol. The summed E-state index contributed by atoms with van der Waals surface area (Å²) in [6, 6.07) is 20.8. The molecule has 4 rings (SSSR count). The summed E-state index contributed by atoms with van der Waals surface area (Å²) in [6.45, 7) is 3.73. The second-order valence-electron chi connectivity index (χ2n) is 7.68. The van der Waals surface area contributed by atoms with E-state index in [4.69, 9.17) is 0 Å². The number of benzene rings is 3. The van der Waals surface area contributed by atoms with Crippen LogP contribution in [0.4, 0.5) is 20.6 Å². The van der Waals surface area contributed by atoms with Crippen LogP contribution in [-0.2, 0) is 6.54 Å². The minimum atomic E-state index is -0.398. The first-order chi connectivity index (χ1) is 15.0. The fourth-order valence-corrected chi connectivity index (χ4v) is 3.74. The Bertz CT molecular complexity index is 1080. The van der Waals surface area contributed by atoms with Crippen LogP contribution < -0.4 is 10.2 Å². The van der Waals surface area contributed by atoms with Crippen molar-refractivity contribution in [2.24, 2.45) is 0 Å². The van der Waals surface area contributed by atoms with Gasteiger partial charge in [-0.1, -0.05) is 36.4 Å². The lowest BCUT2D eigenvalue weighted by Gasteiger charge is -2.36. The van der Waals surface area contributed by atoms with Gasteiger partial charge in [0.15, 0.2) is 0 Å². The number of carbonyl (C=O) groups excluding carboxylic acids is 2. The summed E-state index contributed by atoms with van der Waals surface area (Å²) in [6.07, 6.45) is 0.831. The predicted octanol–water partition coefficient (Wildman–Crippen LogP) is 5.22. The average molecular weight is 417 g/mol. The zero-order valence-corrected chi connectivity index (χ0v) is 17.3. The Morgan fingerprint density at radius 3 is 2.48 bits per heavy atom. The highest BCUT2D eigenvalue weighted by Crippen LogP contribution is 2.31. The van der Waals surface area contributed by atoms with Gasteiger partial charge < -0.3 is 10.2 Å². The Morgan fingerprint density at radius 2 is 1.74 bits per heavy atom. The topological polar surface area (TPSA) is 52.6 Å². The molecule has 1 heterocycles. The van der Waals surface area contributed by atoms with Gasteiger partial charge >= 0.3 is 6.03 Å². The van der Waals surface area contributed by atoms with Crippen LogP contribution >= 0.6 is 0 Å². The van der Waals surface area contributed by atoms with E-state index in [1.54, 1.807) is 4.90 Å². The minimum absolute atomic E-state index is 0.0868. The fraction of sp³-hybridized carbons (Fsp3) is 0.200. The largest absolute Gasteiger partial charge is 0.324 e. The summed E-state index contributed by atoms with van der Waals surface area (Å²) in [5.41, 5.74) is 3.60. The number of carbonyl (C=O) groups is 2. The molecule has 6 heteroatoms. The molecule has 1 N–H and O–H groups in total. The lowest BCUT2D eigenvalue weighted by Crippen LogP contribution is -2.49. The van der Waals surface area contributed by atoms with Crippen molar-refractivity contribution in [2.45, 2.75) is 19.9 Å². The van der Waals surface area contributed by atoms with E-state index in [9.17, 15) is 14.0 Å². The van der Waals surface area contributed by atoms with Gasteiger partial charge in [0.1, 0.15) is 5.82 Å². The number of rotatable bonds is 5. The van der Waals surface area contributed by atoms with Gasteiger partial charge in [0.05, 0.1) is 11.4 Å². The van der Waals surface area contributed by atoms with Crippen LogP contribution in [0.5, 0.6) is 0 Å². The zero-order chi connectivity index (χ0) is 21.8. The van der Waals surface area contributed by atoms with Crippen LogP contribution in [0.15, 0.2) is 72.8 Å². The molecule has 1 aliphatic rings. The van der Waals surface area contributed by atoms with E-state index in [1.807, 2.05) is 60.4 Å². The molecule has 1 aliphatic heterocycles. The van der Waals surface area contributed by atoms with Gasteiger partial charge in [-0.05, 0) is 60.9 Å². The van der Waals surface area contributed by atoms with Crippen molar-refractivity contribution in [1.29, 1.82) is 0 Å². The lowest BCUT2D eigenvalue weighted by atomic mass is 10.1. The molecule has 158 valence electrons. The maximum atomic E-state index is 13.3. The molecule has 0 atom stereocenters. The summed E-state index contributed by atoms with van der Waals surface area (Å²) in [4.78, 5) is 29.5. The Labute approximate surface area is 181 Å². The number of urea groups is 1. The summed E-state index contributed by atoms with van der Waals surface area (Å²) in [5.74, 6) is -0.748. The van der Waals surface area contributed by atoms with E-state index in [2.05, 4.69) is 5.32 Å². The number of hydrogen-bond acceptors (Lipinski definition) is 2. The van der Waals surface area contributed by atoms with E-state index < -0.39 is 5.82 Å². The number of anilines is 2. The van der Waals surface area contributed by atoms with Gasteiger partial charge in [-0.25, -0.2) is 9.18 Å². The van der Waals surface area contributed by atoms with Crippen molar-refractivity contribution in [3.05, 3.63) is 95.3 Å². The Kier molecular flexibility index (Phi) is 5.98. The molecule has 0 aliphatic carbocycles. The Hall–Kier alpha value is -3.67. The van der Waals surface area contributed by atoms with Crippen LogP contribution in [0.1, 0.15) is 27.9 Å². The van der Waals surface area contributed by atoms with Crippen molar-refractivity contribution in [3.8, 4) is 0 Å². The normalized spacial score (nSPS) is 13.9. The molecule has 1 saturated heterocycles. The van der Waals surface area contributed by atoms with Crippen molar-refractivity contribution in [1.82, 2.24) is 4.90 Å². The second kappa shape index (κ2) is 9.00. The van der Waals surface area contributed by atoms with Crippen LogP contribution in [0.2, 0.25) is 0 Å². The third kappa shape index (κ3) is 4.74. The molecule has 0 unspecified atom stereocenters. The molecule has 31 heavy (non-hydrogen) atoms. The van der Waals surface area contributed by atoms with E-state index >= 15 is 0 Å². The van der Waals surface area contributed by atoms with Gasteiger partial charge in [0, 0.05) is 25.2 Å². The summed E-state index contributed by atoms with van der Waals surface area (Å²) in [7, 11) is 0. The highest BCUT2D eigenvalue weighted by molar-refractivity contribution is 6.07. The number of nitrogens with zero attached hydrogens (tertiary/aromatic N) is 2. The first-order valence-electron chi connectivity index (χ1n) is 10.3. The van der Waals surface area contributed by atoms with Gasteiger partial charge in [0.2, 0.25) is 0 Å². The number of aryl methyl sites for hydroxylation is 1. The Morgan fingerprint density at radius 1 is 1.00 bits per heavy atom. The monoisotopic (exact) mass is 417 g/mol. The van der Waals surface area contributed by atoms with Crippen molar-refractivity contribution >= 4 is 23.3 Å². The summed E-state index contributed by atoms with van der Waals surface area (Å²) in [5, 5.41) is 2.90. The lowest BCUT2D eigenvalue weighted by molar-refractivity contribution is 0.102. The first-order valence-corrected chi connectivity index (χ1v) is 10.3. The predicted molar refractivity (Wildman–Crippen MR) is 120 cm³/mol. The number of amides is 3. The SMILES string of the molecule is Cc1ccc(N2CCCN(Cc3ccccc3)C2=O)c(NC(=O)c2ccc(F)cc2)c1. The van der Waals surface area contributed by atoms with Crippen LogP contribution in [0, 0.1) is 12.7 Å². The standard InChI is InChI=1S/C25H24FN3O2/c1-18-8-13-23(22(16-18)27-24(30)20-9-11-21(26)12-10-20)29-15-5-14-28(25(29)31)17-19-6-3-2-4-7-19/h2-4,6-13,16H,5,14-15,17H2,1H3,(H,27,30). The summed E-state index contributed by atoms with van der Waals surface area (Å²) < 4.78 is 13.2. The third-order valence-electron chi connectivity index (χ3n) is 5.32. The molecule has 0 radical (unpaired) electrons. The molecule has 0 saturated carbocycles. The van der Waals surface area contributed by atoms with E-state index in [0.717, 1.165) is 17.5 Å². The number of hydrogen-bond donors (Lipinski definition) is 1. The summed E-state index contributed by atoms with van der Waals surface area (Å²) >= 11 is 0. The molecule has 3 amide bonds. The van der Waals surface area contributed by atoms with Gasteiger partial charge in [-0.15, -0.1) is 0 Å². The smallest absolute Gasteiger partial charge is 0.320 e. The Balaban J connectivity index is 1.57. The molecule has 0 aromatic heterocycles. The van der Waals surface area contributed by atoms with Crippen LogP contribution in [0.25, 0.3) is 0 Å². The average Bonchev–Trinajstić information content (AvgIpc) is 2.77. The molecule has 5 nitrogen and oxygen atoms in total. The molecule has 3 aromatic carbocycles. The minimum Gasteiger partial charge on any atom is -0.320 e. The molecule has 3 aromatic rings. The molecule has 0 spiro atoms. The highest BCUT2D eigenvalue weighted by atomic mass is 19.1. The van der Waals surface area contributed by atoms with Gasteiger partial charge in [0.25, 0.3) is 5.91 Å². The van der Waals surface area contributed by atoms with E-state index in [-0.39, 0.29) is 11.9 Å². The van der Waals surface area contributed by atoms with Crippen molar-refractivity contribution < 1.29 is 14.0 Å². The fourth-order valence-electron chi connectivity index (χ4n) is 3.74. The maximum Gasteiger partial charge on any atom is 0.324 e. The third-order valence-corrected chi connectivity index (χ3v) is 5.32. The molecular formula is C25H24FN3O2. The van der Waals surface area contributed by atoms with Crippen molar-refractivity contribution in [2.75, 3.05) is 23.3 Å². The van der Waals surface area contributed by atoms with Gasteiger partial charge in [-0.3, -0.25) is 9.69 Å². The van der Waals surface area contributed by atoms with Crippen molar-refractivity contribution in [3.63, 3.8) is 0 Å². The van der Waals surface area contributed by atoms with Crippen LogP contribution in [-0.4, -0.2) is 29.9 Å². The maximum absolute atomic E-state index is 13.3. The zero-order valence-electron chi connectivity index (χ0n) is 17.3. The first kappa shape index (κ1) is 20.6. The van der Waals surface area contributed by atoms with Crippen LogP contribution in [0.3, 0.4) is 0 Å². The molecule has 1 fully saturated rings. The molecule has 0 bridgehead atoms.